The van der Waals surface area contributed by atoms with Crippen molar-refractivity contribution in [1.29, 1.82) is 5.26 Å². The third-order valence-corrected chi connectivity index (χ3v) is 6.75. The Morgan fingerprint density at radius 1 is 1.16 bits per heavy atom. The molecular formula is C27H23F2N5O3. The number of anilines is 1. The Kier molecular flexibility index (Phi) is 6.29. The molecule has 3 heterocycles. The second-order valence-corrected chi connectivity index (χ2v) is 9.25. The van der Waals surface area contributed by atoms with Gasteiger partial charge in [-0.1, -0.05) is 12.1 Å². The summed E-state index contributed by atoms with van der Waals surface area (Å²) < 4.78 is 27.7. The molecule has 8 nitrogen and oxygen atoms in total. The molecule has 2 aromatic carbocycles. The molecule has 0 aliphatic carbocycles. The first-order valence-corrected chi connectivity index (χ1v) is 11.9. The molecule has 0 bridgehead atoms. The number of aromatic nitrogens is 1. The van der Waals surface area contributed by atoms with E-state index in [9.17, 15) is 28.4 Å². The van der Waals surface area contributed by atoms with Crippen LogP contribution in [-0.2, 0) is 16.0 Å². The molecule has 1 atom stereocenters. The molecule has 0 spiro atoms. The van der Waals surface area contributed by atoms with Gasteiger partial charge in [-0.3, -0.25) is 19.4 Å². The number of benzene rings is 2. The van der Waals surface area contributed by atoms with E-state index in [1.165, 1.54) is 12.3 Å². The summed E-state index contributed by atoms with van der Waals surface area (Å²) in [5, 5.41) is 15.2. The van der Waals surface area contributed by atoms with Gasteiger partial charge in [0.2, 0.25) is 11.8 Å². The molecule has 0 saturated carbocycles. The van der Waals surface area contributed by atoms with Gasteiger partial charge in [0, 0.05) is 30.1 Å². The minimum Gasteiger partial charge on any atom is -0.343 e. The van der Waals surface area contributed by atoms with Crippen LogP contribution in [0.2, 0.25) is 0 Å². The molecule has 5 rings (SSSR count). The number of pyridine rings is 1. The summed E-state index contributed by atoms with van der Waals surface area (Å²) in [5.41, 5.74) is 4.43. The molecule has 3 amide bonds. The number of halogens is 2. The molecule has 37 heavy (non-hydrogen) atoms. The van der Waals surface area contributed by atoms with Gasteiger partial charge in [0.15, 0.2) is 0 Å². The average molecular weight is 504 g/mol. The van der Waals surface area contributed by atoms with Crippen molar-refractivity contribution in [2.24, 2.45) is 0 Å². The number of hydrogen-bond donors (Lipinski definition) is 2. The zero-order valence-corrected chi connectivity index (χ0v) is 19.8. The molecule has 1 unspecified atom stereocenters. The molecule has 0 radical (unpaired) electrons. The van der Waals surface area contributed by atoms with Gasteiger partial charge < -0.3 is 15.5 Å². The third kappa shape index (κ3) is 4.98. The number of piperidine rings is 1. The lowest BCUT2D eigenvalue weighted by Gasteiger charge is -2.36. The van der Waals surface area contributed by atoms with Gasteiger partial charge in [-0.05, 0) is 59.9 Å². The summed E-state index contributed by atoms with van der Waals surface area (Å²) in [6.07, 6.45) is 1.98. The Bertz CT molecular complexity index is 1470. The number of nitrogens with zero attached hydrogens (tertiary/aromatic N) is 3. The summed E-state index contributed by atoms with van der Waals surface area (Å²) in [4.78, 5) is 42.5. The molecule has 2 aliphatic rings. The second-order valence-electron chi connectivity index (χ2n) is 9.25. The SMILES string of the molecule is N#CC1CCC(F)(F)CN1C(=O)CNC(=O)c1ccnc2ccc(-c3ccc4c(c3)CCC(=O)N4)cc12. The van der Waals surface area contributed by atoms with Crippen LogP contribution in [0.5, 0.6) is 0 Å². The number of nitriles is 1. The largest absolute Gasteiger partial charge is 0.343 e. The number of carbonyl (C=O) groups is 3. The highest BCUT2D eigenvalue weighted by atomic mass is 19.3. The molecule has 1 saturated heterocycles. The number of aryl methyl sites for hydroxylation is 1. The van der Waals surface area contributed by atoms with Crippen molar-refractivity contribution in [2.45, 2.75) is 37.6 Å². The fourth-order valence-electron chi connectivity index (χ4n) is 4.78. The zero-order valence-electron chi connectivity index (χ0n) is 19.8. The van der Waals surface area contributed by atoms with E-state index in [0.29, 0.717) is 23.7 Å². The van der Waals surface area contributed by atoms with Gasteiger partial charge in [0.1, 0.15) is 6.04 Å². The first kappa shape index (κ1) is 24.3. The third-order valence-electron chi connectivity index (χ3n) is 6.75. The summed E-state index contributed by atoms with van der Waals surface area (Å²) in [7, 11) is 0. The maximum atomic E-state index is 13.8. The number of amides is 3. The van der Waals surface area contributed by atoms with Crippen LogP contribution in [0.3, 0.4) is 0 Å². The number of likely N-dealkylation sites (tertiary alicyclic amines) is 1. The molecule has 188 valence electrons. The summed E-state index contributed by atoms with van der Waals surface area (Å²) in [6, 6.07) is 13.7. The highest BCUT2D eigenvalue weighted by Crippen LogP contribution is 2.32. The van der Waals surface area contributed by atoms with Crippen molar-refractivity contribution in [1.82, 2.24) is 15.2 Å². The lowest BCUT2D eigenvalue weighted by molar-refractivity contribution is -0.143. The van der Waals surface area contributed by atoms with Crippen molar-refractivity contribution < 1.29 is 23.2 Å². The fourth-order valence-corrected chi connectivity index (χ4v) is 4.78. The molecule has 2 aliphatic heterocycles. The normalized spacial score (nSPS) is 18.5. The maximum Gasteiger partial charge on any atom is 0.265 e. The van der Waals surface area contributed by atoms with Gasteiger partial charge in [-0.15, -0.1) is 0 Å². The van der Waals surface area contributed by atoms with Crippen molar-refractivity contribution in [3.8, 4) is 17.2 Å². The zero-order chi connectivity index (χ0) is 26.2. The van der Waals surface area contributed by atoms with E-state index in [1.807, 2.05) is 36.4 Å². The summed E-state index contributed by atoms with van der Waals surface area (Å²) >= 11 is 0. The number of rotatable bonds is 4. The van der Waals surface area contributed by atoms with Crippen LogP contribution in [0.1, 0.15) is 35.2 Å². The number of fused-ring (bicyclic) bond motifs is 2. The Morgan fingerprint density at radius 2 is 1.95 bits per heavy atom. The second kappa shape index (κ2) is 9.58. The average Bonchev–Trinajstić information content (AvgIpc) is 2.90. The molecule has 2 N–H and O–H groups in total. The van der Waals surface area contributed by atoms with Gasteiger partial charge >= 0.3 is 0 Å². The maximum absolute atomic E-state index is 13.8. The van der Waals surface area contributed by atoms with Crippen molar-refractivity contribution >= 4 is 34.3 Å². The van der Waals surface area contributed by atoms with Crippen LogP contribution in [0.25, 0.3) is 22.0 Å². The van der Waals surface area contributed by atoms with Crippen molar-refractivity contribution in [3.63, 3.8) is 0 Å². The lowest BCUT2D eigenvalue weighted by Crippen LogP contribution is -2.53. The van der Waals surface area contributed by atoms with Gasteiger partial charge in [-0.2, -0.15) is 5.26 Å². The van der Waals surface area contributed by atoms with Crippen molar-refractivity contribution in [3.05, 3.63) is 59.8 Å². The smallest absolute Gasteiger partial charge is 0.265 e. The molecule has 1 aromatic heterocycles. The van der Waals surface area contributed by atoms with E-state index in [-0.39, 0.29) is 17.9 Å². The molecule has 1 fully saturated rings. The summed E-state index contributed by atoms with van der Waals surface area (Å²) in [5.74, 6) is -4.36. The number of nitrogens with one attached hydrogen (secondary N) is 2. The number of alkyl halides is 2. The lowest BCUT2D eigenvalue weighted by atomic mass is 9.95. The Hall–Kier alpha value is -4.39. The monoisotopic (exact) mass is 503 g/mol. The topological polar surface area (TPSA) is 115 Å². The van der Waals surface area contributed by atoms with E-state index >= 15 is 0 Å². The van der Waals surface area contributed by atoms with Gasteiger partial charge in [0.05, 0.1) is 30.2 Å². The van der Waals surface area contributed by atoms with Gasteiger partial charge in [-0.25, -0.2) is 8.78 Å². The standard InChI is InChI=1S/C27H23F2N5O3/c28-27(29)9-7-19(13-30)34(15-27)25(36)14-32-26(37)20-8-10-31-23-5-2-17(12-21(20)23)16-1-4-22-18(11-16)3-6-24(35)33-22/h1-2,4-5,8,10-12,19H,3,6-7,9,14-15H2,(H,32,37)(H,33,35). The Balaban J connectivity index is 1.37. The number of carbonyl (C=O) groups excluding carboxylic acids is 3. The molecular weight excluding hydrogens is 480 g/mol. The highest BCUT2D eigenvalue weighted by Gasteiger charge is 2.42. The van der Waals surface area contributed by atoms with Crippen LogP contribution in [0, 0.1) is 11.3 Å². The first-order chi connectivity index (χ1) is 17.7. The van der Waals surface area contributed by atoms with Crippen LogP contribution in [0.15, 0.2) is 48.7 Å². The van der Waals surface area contributed by atoms with Gasteiger partial charge in [0.25, 0.3) is 11.8 Å². The van der Waals surface area contributed by atoms with Crippen molar-refractivity contribution in [2.75, 3.05) is 18.4 Å². The van der Waals surface area contributed by atoms with E-state index < -0.39 is 43.3 Å². The minimum absolute atomic E-state index is 0.0108. The minimum atomic E-state index is -3.06. The van der Waals surface area contributed by atoms with Crippen LogP contribution in [-0.4, -0.2) is 52.7 Å². The van der Waals surface area contributed by atoms with Crippen LogP contribution < -0.4 is 10.6 Å². The van der Waals surface area contributed by atoms with E-state index in [4.69, 9.17) is 0 Å². The molecule has 10 heteroatoms. The highest BCUT2D eigenvalue weighted by molar-refractivity contribution is 6.07. The van der Waals surface area contributed by atoms with Crippen LogP contribution in [0.4, 0.5) is 14.5 Å². The first-order valence-electron chi connectivity index (χ1n) is 11.9. The van der Waals surface area contributed by atoms with Crippen LogP contribution >= 0.6 is 0 Å². The van der Waals surface area contributed by atoms with E-state index in [2.05, 4.69) is 15.6 Å². The Labute approximate surface area is 211 Å². The predicted molar refractivity (Wildman–Crippen MR) is 132 cm³/mol. The van der Waals surface area contributed by atoms with E-state index in [0.717, 1.165) is 27.3 Å². The number of hydrogen-bond acceptors (Lipinski definition) is 5. The Morgan fingerprint density at radius 3 is 2.76 bits per heavy atom. The van der Waals surface area contributed by atoms with E-state index in [1.54, 1.807) is 6.07 Å². The quantitative estimate of drug-likeness (QED) is 0.564. The molecule has 3 aromatic rings. The fraction of sp³-hybridized carbons (Fsp3) is 0.296. The summed E-state index contributed by atoms with van der Waals surface area (Å²) in [6.45, 7) is -1.35. The predicted octanol–water partition coefficient (Wildman–Crippen LogP) is 3.67.